The Morgan fingerprint density at radius 2 is 1.95 bits per heavy atom. The van der Waals surface area contributed by atoms with Crippen molar-refractivity contribution in [2.24, 2.45) is 5.41 Å². The summed E-state index contributed by atoms with van der Waals surface area (Å²) in [7, 11) is 0. The minimum absolute atomic E-state index is 0.0571. The molecule has 7 heteroatoms. The Hall–Kier alpha value is -2.31. The van der Waals surface area contributed by atoms with E-state index in [4.69, 9.17) is 0 Å². The highest BCUT2D eigenvalue weighted by Gasteiger charge is 2.52. The van der Waals surface area contributed by atoms with Crippen molar-refractivity contribution in [1.82, 2.24) is 4.98 Å². The van der Waals surface area contributed by atoms with Gasteiger partial charge < -0.3 is 0 Å². The highest BCUT2D eigenvalue weighted by atomic mass is 16.6. The second-order valence-electron chi connectivity index (χ2n) is 5.68. The molecular weight excluding hydrogens is 274 g/mol. The number of anilines is 1. The van der Waals surface area contributed by atoms with Crippen LogP contribution in [0.2, 0.25) is 0 Å². The number of hydrogen-bond acceptors (Lipinski definition) is 5. The van der Waals surface area contributed by atoms with Gasteiger partial charge in [-0.05, 0) is 12.8 Å². The standard InChI is InChI=1S/C14H15N3O4/c18-12-9-14(5-2-1-3-6-14)13(19)16(12)11-8-10(17(20)21)4-7-15-11/h4,7-8H,1-3,5-6,9H2. The normalized spacial score (nSPS) is 21.0. The molecule has 1 aromatic heterocycles. The molecule has 2 fully saturated rings. The molecule has 1 aliphatic heterocycles. The summed E-state index contributed by atoms with van der Waals surface area (Å²) in [6, 6.07) is 2.42. The van der Waals surface area contributed by atoms with Crippen LogP contribution < -0.4 is 4.90 Å². The molecule has 1 aliphatic carbocycles. The summed E-state index contributed by atoms with van der Waals surface area (Å²) in [6.45, 7) is 0. The molecule has 1 spiro atoms. The molecule has 3 rings (SSSR count). The summed E-state index contributed by atoms with van der Waals surface area (Å²) in [5.74, 6) is -0.503. The molecule has 0 atom stereocenters. The zero-order chi connectivity index (χ0) is 15.0. The number of hydrogen-bond donors (Lipinski definition) is 0. The van der Waals surface area contributed by atoms with E-state index in [9.17, 15) is 19.7 Å². The average Bonchev–Trinajstić information content (AvgIpc) is 2.71. The third-order valence-corrected chi connectivity index (χ3v) is 4.38. The maximum Gasteiger partial charge on any atom is 0.274 e. The van der Waals surface area contributed by atoms with Crippen molar-refractivity contribution in [2.45, 2.75) is 38.5 Å². The lowest BCUT2D eigenvalue weighted by Crippen LogP contribution is -2.37. The predicted molar refractivity (Wildman–Crippen MR) is 73.5 cm³/mol. The van der Waals surface area contributed by atoms with Crippen molar-refractivity contribution in [2.75, 3.05) is 4.90 Å². The third kappa shape index (κ3) is 2.18. The van der Waals surface area contributed by atoms with Gasteiger partial charge in [0.1, 0.15) is 5.82 Å². The first kappa shape index (κ1) is 13.7. The minimum atomic E-state index is -0.609. The van der Waals surface area contributed by atoms with Crippen LogP contribution in [-0.4, -0.2) is 21.7 Å². The number of rotatable bonds is 2. The van der Waals surface area contributed by atoms with Crippen LogP contribution in [0.15, 0.2) is 18.3 Å². The van der Waals surface area contributed by atoms with Crippen molar-refractivity contribution >= 4 is 23.3 Å². The zero-order valence-electron chi connectivity index (χ0n) is 11.4. The summed E-state index contributed by atoms with van der Waals surface area (Å²) >= 11 is 0. The fourth-order valence-corrected chi connectivity index (χ4v) is 3.29. The van der Waals surface area contributed by atoms with Gasteiger partial charge in [-0.1, -0.05) is 19.3 Å². The van der Waals surface area contributed by atoms with Crippen LogP contribution >= 0.6 is 0 Å². The van der Waals surface area contributed by atoms with Crippen LogP contribution in [0.5, 0.6) is 0 Å². The fraction of sp³-hybridized carbons (Fsp3) is 0.500. The number of nitro groups is 1. The second-order valence-corrected chi connectivity index (χ2v) is 5.68. The Morgan fingerprint density at radius 1 is 1.24 bits per heavy atom. The van der Waals surface area contributed by atoms with Gasteiger partial charge in [0.05, 0.1) is 16.4 Å². The topological polar surface area (TPSA) is 93.4 Å². The van der Waals surface area contributed by atoms with Crippen LogP contribution in [0.25, 0.3) is 0 Å². The summed E-state index contributed by atoms with van der Waals surface area (Å²) in [5.41, 5.74) is -0.785. The third-order valence-electron chi connectivity index (χ3n) is 4.38. The highest BCUT2D eigenvalue weighted by Crippen LogP contribution is 2.46. The van der Waals surface area contributed by atoms with Crippen molar-refractivity contribution in [3.8, 4) is 0 Å². The molecule has 1 aromatic rings. The van der Waals surface area contributed by atoms with Crippen molar-refractivity contribution < 1.29 is 14.5 Å². The molecule has 0 unspecified atom stereocenters. The van der Waals surface area contributed by atoms with E-state index in [-0.39, 0.29) is 29.7 Å². The van der Waals surface area contributed by atoms with Crippen LogP contribution in [-0.2, 0) is 9.59 Å². The summed E-state index contributed by atoms with van der Waals surface area (Å²) in [4.78, 5) is 40.1. The number of nitrogens with zero attached hydrogens (tertiary/aromatic N) is 3. The van der Waals surface area contributed by atoms with Crippen molar-refractivity contribution in [3.63, 3.8) is 0 Å². The number of pyridine rings is 1. The first-order valence-corrected chi connectivity index (χ1v) is 7.01. The van der Waals surface area contributed by atoms with Crippen LogP contribution in [0.1, 0.15) is 38.5 Å². The lowest BCUT2D eigenvalue weighted by Gasteiger charge is -2.30. The van der Waals surface area contributed by atoms with Crippen LogP contribution in [0.4, 0.5) is 11.5 Å². The zero-order valence-corrected chi connectivity index (χ0v) is 11.4. The maximum absolute atomic E-state index is 12.7. The van der Waals surface area contributed by atoms with Crippen molar-refractivity contribution in [3.05, 3.63) is 28.4 Å². The van der Waals surface area contributed by atoms with Gasteiger partial charge in [-0.15, -0.1) is 0 Å². The quantitative estimate of drug-likeness (QED) is 0.472. The highest BCUT2D eigenvalue weighted by molar-refractivity contribution is 6.22. The summed E-state index contributed by atoms with van der Waals surface area (Å²) < 4.78 is 0. The fourth-order valence-electron chi connectivity index (χ4n) is 3.29. The Labute approximate surface area is 121 Å². The van der Waals surface area contributed by atoms with E-state index in [0.29, 0.717) is 12.8 Å². The minimum Gasteiger partial charge on any atom is -0.274 e. The second kappa shape index (κ2) is 4.91. The van der Waals surface area contributed by atoms with Gasteiger partial charge in [-0.25, -0.2) is 9.88 Å². The van der Waals surface area contributed by atoms with Gasteiger partial charge in [0.15, 0.2) is 0 Å². The Morgan fingerprint density at radius 3 is 2.62 bits per heavy atom. The Balaban J connectivity index is 1.95. The molecule has 21 heavy (non-hydrogen) atoms. The molecule has 2 heterocycles. The first-order valence-electron chi connectivity index (χ1n) is 7.01. The molecule has 110 valence electrons. The van der Waals surface area contributed by atoms with E-state index in [1.54, 1.807) is 0 Å². The molecule has 1 saturated carbocycles. The van der Waals surface area contributed by atoms with Crippen LogP contribution in [0, 0.1) is 15.5 Å². The monoisotopic (exact) mass is 289 g/mol. The van der Waals surface area contributed by atoms with E-state index < -0.39 is 10.3 Å². The van der Waals surface area contributed by atoms with Gasteiger partial charge in [0.2, 0.25) is 11.8 Å². The van der Waals surface area contributed by atoms with Gasteiger partial charge >= 0.3 is 0 Å². The predicted octanol–water partition coefficient (Wildman–Crippen LogP) is 2.20. The van der Waals surface area contributed by atoms with E-state index in [1.165, 1.54) is 18.3 Å². The molecule has 0 N–H and O–H groups in total. The summed E-state index contributed by atoms with van der Waals surface area (Å²) in [5, 5.41) is 10.8. The largest absolute Gasteiger partial charge is 0.274 e. The molecule has 0 bridgehead atoms. The lowest BCUT2D eigenvalue weighted by molar-refractivity contribution is -0.384. The Bertz CT molecular complexity index is 622. The van der Waals surface area contributed by atoms with Gasteiger partial charge in [-0.3, -0.25) is 19.7 Å². The number of carbonyl (C=O) groups excluding carboxylic acids is 2. The van der Waals surface area contributed by atoms with Gasteiger partial charge in [0.25, 0.3) is 5.69 Å². The molecule has 7 nitrogen and oxygen atoms in total. The van der Waals surface area contributed by atoms with Crippen molar-refractivity contribution in [1.29, 1.82) is 0 Å². The van der Waals surface area contributed by atoms with E-state index in [2.05, 4.69) is 4.98 Å². The van der Waals surface area contributed by atoms with E-state index >= 15 is 0 Å². The van der Waals surface area contributed by atoms with Crippen LogP contribution in [0.3, 0.4) is 0 Å². The van der Waals surface area contributed by atoms with Gasteiger partial charge in [0, 0.05) is 18.7 Å². The first-order chi connectivity index (χ1) is 10.0. The SMILES string of the molecule is O=C1CC2(CCCCC2)C(=O)N1c1cc([N+](=O)[O-])ccn1. The Kier molecular flexibility index (Phi) is 3.19. The molecule has 2 aliphatic rings. The van der Waals surface area contributed by atoms with E-state index in [0.717, 1.165) is 24.2 Å². The lowest BCUT2D eigenvalue weighted by atomic mass is 9.73. The number of carbonyl (C=O) groups is 2. The molecule has 1 saturated heterocycles. The molecule has 0 radical (unpaired) electrons. The number of imide groups is 1. The average molecular weight is 289 g/mol. The molecular formula is C14H15N3O4. The smallest absolute Gasteiger partial charge is 0.274 e. The molecule has 0 aromatic carbocycles. The number of amides is 2. The van der Waals surface area contributed by atoms with Gasteiger partial charge in [-0.2, -0.15) is 0 Å². The van der Waals surface area contributed by atoms with E-state index in [1.807, 2.05) is 0 Å². The summed E-state index contributed by atoms with van der Waals surface area (Å²) in [6.07, 6.45) is 5.82. The number of aromatic nitrogens is 1. The maximum atomic E-state index is 12.7. The molecule has 2 amide bonds.